The maximum atomic E-state index is 11.8. The number of nitrogens with zero attached hydrogens (tertiary/aromatic N) is 3. The van der Waals surface area contributed by atoms with Gasteiger partial charge < -0.3 is 5.32 Å². The van der Waals surface area contributed by atoms with Crippen LogP contribution < -0.4 is 5.32 Å². The molecule has 1 heterocycles. The van der Waals surface area contributed by atoms with Gasteiger partial charge in [-0.1, -0.05) is 0 Å². The van der Waals surface area contributed by atoms with Crippen molar-refractivity contribution < 1.29 is 4.79 Å². The smallest absolute Gasteiger partial charge is 0.256 e. The summed E-state index contributed by atoms with van der Waals surface area (Å²) < 4.78 is 0. The Bertz CT molecular complexity index is 657. The minimum atomic E-state index is -0.375. The van der Waals surface area contributed by atoms with Crippen molar-refractivity contribution in [2.24, 2.45) is 0 Å². The fourth-order valence-electron chi connectivity index (χ4n) is 1.35. The summed E-state index contributed by atoms with van der Waals surface area (Å²) in [5.41, 5.74) is 1.13. The Kier molecular flexibility index (Phi) is 3.04. The molecule has 0 bridgehead atoms. The second kappa shape index (κ2) is 4.81. The molecular weight excluding hydrogens is 230 g/mol. The molecule has 0 fully saturated rings. The van der Waals surface area contributed by atoms with E-state index in [2.05, 4.69) is 15.5 Å². The van der Waals surface area contributed by atoms with E-state index in [0.29, 0.717) is 11.1 Å². The lowest BCUT2D eigenvalue weighted by Gasteiger charge is -2.02. The van der Waals surface area contributed by atoms with Crippen molar-refractivity contribution in [3.63, 3.8) is 0 Å². The van der Waals surface area contributed by atoms with Crippen molar-refractivity contribution >= 4 is 11.7 Å². The van der Waals surface area contributed by atoms with E-state index >= 15 is 0 Å². The van der Waals surface area contributed by atoms with Crippen LogP contribution in [0.15, 0.2) is 30.5 Å². The molecule has 0 aliphatic carbocycles. The van der Waals surface area contributed by atoms with Crippen LogP contribution in [0.1, 0.15) is 21.5 Å². The zero-order valence-corrected chi connectivity index (χ0v) is 9.14. The zero-order valence-electron chi connectivity index (χ0n) is 9.14. The van der Waals surface area contributed by atoms with Gasteiger partial charge in [-0.25, -0.2) is 0 Å². The van der Waals surface area contributed by atoms with E-state index in [-0.39, 0.29) is 17.3 Å². The zero-order chi connectivity index (χ0) is 13.0. The SMILES string of the molecule is N#Cc1ccc(C(=O)Nc2[nH]ncc2C#N)cc1. The molecule has 1 aromatic heterocycles. The second-order valence-corrected chi connectivity index (χ2v) is 3.41. The Morgan fingerprint density at radius 2 is 1.94 bits per heavy atom. The van der Waals surface area contributed by atoms with Gasteiger partial charge in [0.25, 0.3) is 5.91 Å². The highest BCUT2D eigenvalue weighted by Gasteiger charge is 2.10. The lowest BCUT2D eigenvalue weighted by molar-refractivity contribution is 0.102. The number of hydrogen-bond donors (Lipinski definition) is 2. The van der Waals surface area contributed by atoms with Gasteiger partial charge >= 0.3 is 0 Å². The van der Waals surface area contributed by atoms with E-state index in [1.54, 1.807) is 12.1 Å². The minimum Gasteiger partial charge on any atom is -0.306 e. The first kappa shape index (κ1) is 11.4. The van der Waals surface area contributed by atoms with E-state index in [0.717, 1.165) is 0 Å². The number of nitrogens with one attached hydrogen (secondary N) is 2. The van der Waals surface area contributed by atoms with E-state index in [9.17, 15) is 4.79 Å². The van der Waals surface area contributed by atoms with Gasteiger partial charge in [0.05, 0.1) is 17.8 Å². The fraction of sp³-hybridized carbons (Fsp3) is 0. The summed E-state index contributed by atoms with van der Waals surface area (Å²) in [5.74, 6) is -0.118. The van der Waals surface area contributed by atoms with Gasteiger partial charge in [0.1, 0.15) is 17.5 Å². The number of rotatable bonds is 2. The third-order valence-electron chi connectivity index (χ3n) is 2.27. The highest BCUT2D eigenvalue weighted by molar-refractivity contribution is 6.04. The van der Waals surface area contributed by atoms with Gasteiger partial charge in [-0.15, -0.1) is 0 Å². The van der Waals surface area contributed by atoms with E-state index in [1.807, 2.05) is 12.1 Å². The molecule has 0 saturated carbocycles. The average molecular weight is 237 g/mol. The van der Waals surface area contributed by atoms with Crippen LogP contribution in [0.5, 0.6) is 0 Å². The van der Waals surface area contributed by atoms with Crippen LogP contribution in [-0.4, -0.2) is 16.1 Å². The summed E-state index contributed by atoms with van der Waals surface area (Å²) in [6.07, 6.45) is 1.33. The third kappa shape index (κ3) is 2.18. The number of amides is 1. The molecule has 0 aliphatic heterocycles. The monoisotopic (exact) mass is 237 g/mol. The van der Waals surface area contributed by atoms with Crippen molar-refractivity contribution in [1.82, 2.24) is 10.2 Å². The van der Waals surface area contributed by atoms with Crippen LogP contribution in [-0.2, 0) is 0 Å². The molecule has 1 amide bonds. The average Bonchev–Trinajstić information content (AvgIpc) is 2.86. The van der Waals surface area contributed by atoms with Crippen LogP contribution >= 0.6 is 0 Å². The largest absolute Gasteiger partial charge is 0.306 e. The predicted molar refractivity (Wildman–Crippen MR) is 62.4 cm³/mol. The number of hydrogen-bond acceptors (Lipinski definition) is 4. The van der Waals surface area contributed by atoms with Crippen LogP contribution in [0.3, 0.4) is 0 Å². The fourth-order valence-corrected chi connectivity index (χ4v) is 1.35. The Labute approximate surface area is 102 Å². The van der Waals surface area contributed by atoms with Gasteiger partial charge in [0.2, 0.25) is 0 Å². The van der Waals surface area contributed by atoms with Gasteiger partial charge in [0.15, 0.2) is 0 Å². The highest BCUT2D eigenvalue weighted by atomic mass is 16.1. The topological polar surface area (TPSA) is 105 Å². The number of carbonyl (C=O) groups is 1. The Morgan fingerprint density at radius 1 is 1.22 bits per heavy atom. The molecule has 0 aliphatic rings. The van der Waals surface area contributed by atoms with Crippen LogP contribution in [0.4, 0.5) is 5.82 Å². The molecule has 6 nitrogen and oxygen atoms in total. The summed E-state index contributed by atoms with van der Waals surface area (Å²) in [7, 11) is 0. The summed E-state index contributed by atoms with van der Waals surface area (Å²) >= 11 is 0. The van der Waals surface area contributed by atoms with Gasteiger partial charge in [-0.2, -0.15) is 15.6 Å². The number of carbonyl (C=O) groups excluding carboxylic acids is 1. The van der Waals surface area contributed by atoms with Gasteiger partial charge in [-0.3, -0.25) is 9.89 Å². The van der Waals surface area contributed by atoms with E-state index < -0.39 is 0 Å². The third-order valence-corrected chi connectivity index (χ3v) is 2.27. The summed E-state index contributed by atoms with van der Waals surface area (Å²) in [5, 5.41) is 26.1. The van der Waals surface area contributed by atoms with E-state index in [4.69, 9.17) is 10.5 Å². The number of benzene rings is 1. The standard InChI is InChI=1S/C12H7N5O/c13-5-8-1-3-9(4-2-8)12(18)16-11-10(6-14)7-15-17-11/h1-4,7H,(H2,15,16,17,18). The number of H-pyrrole nitrogens is 1. The van der Waals surface area contributed by atoms with Gasteiger partial charge in [0, 0.05) is 5.56 Å². The first-order chi connectivity index (χ1) is 8.74. The van der Waals surface area contributed by atoms with Gasteiger partial charge in [-0.05, 0) is 24.3 Å². The van der Waals surface area contributed by atoms with Crippen LogP contribution in [0.25, 0.3) is 0 Å². The number of aromatic amines is 1. The van der Waals surface area contributed by atoms with Crippen molar-refractivity contribution in [1.29, 1.82) is 10.5 Å². The number of anilines is 1. The molecule has 0 radical (unpaired) electrons. The molecule has 6 heteroatoms. The quantitative estimate of drug-likeness (QED) is 0.823. The molecule has 0 spiro atoms. The second-order valence-electron chi connectivity index (χ2n) is 3.41. The first-order valence-corrected chi connectivity index (χ1v) is 4.99. The first-order valence-electron chi connectivity index (χ1n) is 4.99. The predicted octanol–water partition coefficient (Wildman–Crippen LogP) is 1.41. The molecule has 0 atom stereocenters. The maximum absolute atomic E-state index is 11.8. The Morgan fingerprint density at radius 3 is 2.56 bits per heavy atom. The molecule has 2 rings (SSSR count). The minimum absolute atomic E-state index is 0.256. The van der Waals surface area contributed by atoms with Crippen molar-refractivity contribution in [2.45, 2.75) is 0 Å². The Balaban J connectivity index is 2.18. The molecule has 0 saturated heterocycles. The van der Waals surface area contributed by atoms with Crippen molar-refractivity contribution in [2.75, 3.05) is 5.32 Å². The molecule has 2 N–H and O–H groups in total. The van der Waals surface area contributed by atoms with Crippen LogP contribution in [0.2, 0.25) is 0 Å². The summed E-state index contributed by atoms with van der Waals surface area (Å²) in [6.45, 7) is 0. The molecule has 2 aromatic rings. The summed E-state index contributed by atoms with van der Waals surface area (Å²) in [4.78, 5) is 11.8. The lowest BCUT2D eigenvalue weighted by atomic mass is 10.1. The maximum Gasteiger partial charge on any atom is 0.256 e. The molecule has 1 aromatic carbocycles. The Hall–Kier alpha value is -3.12. The molecular formula is C12H7N5O. The normalized spacial score (nSPS) is 9.22. The van der Waals surface area contributed by atoms with Crippen molar-refractivity contribution in [3.8, 4) is 12.1 Å². The highest BCUT2D eigenvalue weighted by Crippen LogP contribution is 2.11. The molecule has 0 unspecified atom stereocenters. The summed E-state index contributed by atoms with van der Waals surface area (Å²) in [6, 6.07) is 10.0. The lowest BCUT2D eigenvalue weighted by Crippen LogP contribution is -2.12. The van der Waals surface area contributed by atoms with Crippen LogP contribution in [0, 0.1) is 22.7 Å². The van der Waals surface area contributed by atoms with E-state index in [1.165, 1.54) is 18.3 Å². The number of nitriles is 2. The number of aromatic nitrogens is 2. The van der Waals surface area contributed by atoms with Crippen molar-refractivity contribution in [3.05, 3.63) is 47.2 Å². The molecule has 18 heavy (non-hydrogen) atoms. The molecule has 86 valence electrons.